The van der Waals surface area contributed by atoms with Crippen LogP contribution in [0.1, 0.15) is 27.7 Å². The van der Waals surface area contributed by atoms with Gasteiger partial charge in [0, 0.05) is 23.3 Å². The highest BCUT2D eigenvalue weighted by Crippen LogP contribution is 2.27. The standard InChI is InChI=1S/C16H24N2O3/c1-15(2,3)21-14(19)18-13-7-5-12(6-8-13)17-9-16(4)10-20-11-16/h5-8,17H,9-11H2,1-4H3,(H,18,19). The van der Waals surface area contributed by atoms with E-state index >= 15 is 0 Å². The minimum Gasteiger partial charge on any atom is -0.444 e. The van der Waals surface area contributed by atoms with Gasteiger partial charge in [-0.1, -0.05) is 6.92 Å². The molecule has 2 rings (SSSR count). The lowest BCUT2D eigenvalue weighted by molar-refractivity contribution is -0.0924. The summed E-state index contributed by atoms with van der Waals surface area (Å²) in [4.78, 5) is 11.7. The van der Waals surface area contributed by atoms with Crippen LogP contribution in [-0.4, -0.2) is 31.5 Å². The van der Waals surface area contributed by atoms with Gasteiger partial charge < -0.3 is 14.8 Å². The molecule has 1 aromatic rings. The largest absolute Gasteiger partial charge is 0.444 e. The molecule has 5 heteroatoms. The van der Waals surface area contributed by atoms with E-state index in [-0.39, 0.29) is 5.41 Å². The zero-order chi connectivity index (χ0) is 15.5. The van der Waals surface area contributed by atoms with Crippen LogP contribution in [0.2, 0.25) is 0 Å². The highest BCUT2D eigenvalue weighted by atomic mass is 16.6. The Balaban J connectivity index is 1.82. The molecule has 0 bridgehead atoms. The van der Waals surface area contributed by atoms with E-state index in [0.717, 1.165) is 25.4 Å². The highest BCUT2D eigenvalue weighted by Gasteiger charge is 2.32. The molecular weight excluding hydrogens is 268 g/mol. The van der Waals surface area contributed by atoms with Gasteiger partial charge in [0.2, 0.25) is 0 Å². The lowest BCUT2D eigenvalue weighted by Gasteiger charge is -2.38. The maximum Gasteiger partial charge on any atom is 0.412 e. The smallest absolute Gasteiger partial charge is 0.412 e. The predicted octanol–water partition coefficient (Wildman–Crippen LogP) is 3.48. The third-order valence-electron chi connectivity index (χ3n) is 3.15. The Morgan fingerprint density at radius 3 is 2.29 bits per heavy atom. The first-order valence-electron chi connectivity index (χ1n) is 7.18. The second-order valence-corrected chi connectivity index (χ2v) is 6.86. The van der Waals surface area contributed by atoms with Crippen molar-refractivity contribution in [3.8, 4) is 0 Å². The summed E-state index contributed by atoms with van der Waals surface area (Å²) in [5, 5.41) is 6.09. The van der Waals surface area contributed by atoms with Crippen LogP contribution in [0.5, 0.6) is 0 Å². The van der Waals surface area contributed by atoms with Crippen molar-refractivity contribution in [3.05, 3.63) is 24.3 Å². The Hall–Kier alpha value is -1.75. The van der Waals surface area contributed by atoms with Gasteiger partial charge in [0.25, 0.3) is 0 Å². The van der Waals surface area contributed by atoms with Gasteiger partial charge >= 0.3 is 6.09 Å². The quantitative estimate of drug-likeness (QED) is 0.892. The van der Waals surface area contributed by atoms with Gasteiger partial charge in [-0.15, -0.1) is 0 Å². The third-order valence-corrected chi connectivity index (χ3v) is 3.15. The molecule has 0 spiro atoms. The fourth-order valence-corrected chi connectivity index (χ4v) is 1.96. The Kier molecular flexibility index (Phi) is 4.42. The first kappa shape index (κ1) is 15.6. The molecule has 116 valence electrons. The Morgan fingerprint density at radius 2 is 1.81 bits per heavy atom. The van der Waals surface area contributed by atoms with Gasteiger partial charge in [0.1, 0.15) is 5.60 Å². The number of hydrogen-bond acceptors (Lipinski definition) is 4. The van der Waals surface area contributed by atoms with E-state index in [1.807, 2.05) is 45.0 Å². The van der Waals surface area contributed by atoms with Crippen molar-refractivity contribution in [2.75, 3.05) is 30.4 Å². The monoisotopic (exact) mass is 292 g/mol. The lowest BCUT2D eigenvalue weighted by atomic mass is 9.89. The van der Waals surface area contributed by atoms with E-state index in [9.17, 15) is 4.79 Å². The number of carbonyl (C=O) groups is 1. The first-order chi connectivity index (χ1) is 9.76. The molecule has 1 fully saturated rings. The van der Waals surface area contributed by atoms with E-state index in [1.165, 1.54) is 0 Å². The summed E-state index contributed by atoms with van der Waals surface area (Å²) in [5.41, 5.74) is 1.48. The summed E-state index contributed by atoms with van der Waals surface area (Å²) in [6, 6.07) is 7.59. The minimum absolute atomic E-state index is 0.230. The average molecular weight is 292 g/mol. The van der Waals surface area contributed by atoms with Crippen molar-refractivity contribution in [2.45, 2.75) is 33.3 Å². The first-order valence-corrected chi connectivity index (χ1v) is 7.18. The summed E-state index contributed by atoms with van der Waals surface area (Å²) in [6.45, 7) is 10.2. The molecule has 1 aliphatic heterocycles. The molecule has 21 heavy (non-hydrogen) atoms. The molecule has 0 unspecified atom stereocenters. The van der Waals surface area contributed by atoms with E-state index < -0.39 is 11.7 Å². The third kappa shape index (κ3) is 4.93. The summed E-state index contributed by atoms with van der Waals surface area (Å²) in [5.74, 6) is 0. The van der Waals surface area contributed by atoms with Gasteiger partial charge in [-0.25, -0.2) is 4.79 Å². The molecule has 0 atom stereocenters. The van der Waals surface area contributed by atoms with E-state index in [2.05, 4.69) is 17.6 Å². The fourth-order valence-electron chi connectivity index (χ4n) is 1.96. The Labute approximate surface area is 126 Å². The number of nitrogens with one attached hydrogen (secondary N) is 2. The molecule has 1 saturated heterocycles. The van der Waals surface area contributed by atoms with E-state index in [0.29, 0.717) is 5.69 Å². The minimum atomic E-state index is -0.494. The topological polar surface area (TPSA) is 59.6 Å². The van der Waals surface area contributed by atoms with Crippen molar-refractivity contribution in [2.24, 2.45) is 5.41 Å². The molecule has 2 N–H and O–H groups in total. The number of benzene rings is 1. The van der Waals surface area contributed by atoms with Crippen molar-refractivity contribution < 1.29 is 14.3 Å². The predicted molar refractivity (Wildman–Crippen MR) is 83.7 cm³/mol. The SMILES string of the molecule is CC1(CNc2ccc(NC(=O)OC(C)(C)C)cc2)COC1. The summed E-state index contributed by atoms with van der Waals surface area (Å²) in [6.07, 6.45) is -0.442. The maximum atomic E-state index is 11.7. The van der Waals surface area contributed by atoms with Gasteiger partial charge in [0.05, 0.1) is 13.2 Å². The van der Waals surface area contributed by atoms with Crippen molar-refractivity contribution >= 4 is 17.5 Å². The van der Waals surface area contributed by atoms with Crippen molar-refractivity contribution in [1.29, 1.82) is 0 Å². The molecule has 1 aliphatic rings. The van der Waals surface area contributed by atoms with Crippen LogP contribution in [0.3, 0.4) is 0 Å². The second kappa shape index (κ2) is 5.93. The van der Waals surface area contributed by atoms with Gasteiger partial charge in [-0.2, -0.15) is 0 Å². The summed E-state index contributed by atoms with van der Waals surface area (Å²) < 4.78 is 10.4. The molecule has 5 nitrogen and oxygen atoms in total. The number of carbonyl (C=O) groups excluding carboxylic acids is 1. The number of hydrogen-bond donors (Lipinski definition) is 2. The molecule has 0 saturated carbocycles. The summed E-state index contributed by atoms with van der Waals surface area (Å²) >= 11 is 0. The zero-order valence-electron chi connectivity index (χ0n) is 13.2. The molecule has 0 aliphatic carbocycles. The average Bonchev–Trinajstić information content (AvgIpc) is 2.33. The van der Waals surface area contributed by atoms with E-state index in [1.54, 1.807) is 0 Å². The van der Waals surface area contributed by atoms with E-state index in [4.69, 9.17) is 9.47 Å². The molecular formula is C16H24N2O3. The fraction of sp³-hybridized carbons (Fsp3) is 0.562. The van der Waals surface area contributed by atoms with Crippen LogP contribution in [0.4, 0.5) is 16.2 Å². The Bertz CT molecular complexity index is 487. The maximum absolute atomic E-state index is 11.7. The second-order valence-electron chi connectivity index (χ2n) is 6.86. The molecule has 1 aromatic carbocycles. The number of ether oxygens (including phenoxy) is 2. The van der Waals surface area contributed by atoms with Crippen LogP contribution in [0.15, 0.2) is 24.3 Å². The van der Waals surface area contributed by atoms with Crippen LogP contribution >= 0.6 is 0 Å². The molecule has 0 aromatic heterocycles. The van der Waals surface area contributed by atoms with Crippen LogP contribution in [0, 0.1) is 5.41 Å². The van der Waals surface area contributed by atoms with Crippen LogP contribution in [0.25, 0.3) is 0 Å². The lowest BCUT2D eigenvalue weighted by Crippen LogP contribution is -2.45. The molecule has 1 heterocycles. The van der Waals surface area contributed by atoms with Crippen LogP contribution < -0.4 is 10.6 Å². The van der Waals surface area contributed by atoms with Gasteiger partial charge in [0.15, 0.2) is 0 Å². The zero-order valence-corrected chi connectivity index (χ0v) is 13.2. The van der Waals surface area contributed by atoms with Gasteiger partial charge in [-0.05, 0) is 45.0 Å². The van der Waals surface area contributed by atoms with Crippen molar-refractivity contribution in [1.82, 2.24) is 0 Å². The Morgan fingerprint density at radius 1 is 1.24 bits per heavy atom. The molecule has 1 amide bonds. The number of rotatable bonds is 4. The van der Waals surface area contributed by atoms with Crippen molar-refractivity contribution in [3.63, 3.8) is 0 Å². The van der Waals surface area contributed by atoms with Crippen LogP contribution in [-0.2, 0) is 9.47 Å². The summed E-state index contributed by atoms with van der Waals surface area (Å²) in [7, 11) is 0. The van der Waals surface area contributed by atoms with Gasteiger partial charge in [-0.3, -0.25) is 5.32 Å². The number of amides is 1. The normalized spacial score (nSPS) is 16.8. The molecule has 0 radical (unpaired) electrons. The number of anilines is 2. The highest BCUT2D eigenvalue weighted by molar-refractivity contribution is 5.85.